The number of H-pyrrole nitrogens is 2. The summed E-state index contributed by atoms with van der Waals surface area (Å²) < 4.78 is 22.1. The minimum Gasteiger partial charge on any atom is -0.446 e. The van der Waals surface area contributed by atoms with Crippen LogP contribution < -0.4 is 10.6 Å². The van der Waals surface area contributed by atoms with Crippen LogP contribution in [0, 0.1) is 17.8 Å². The molecule has 16 nitrogen and oxygen atoms in total. The lowest BCUT2D eigenvalue weighted by molar-refractivity contribution is -0.139. The topological polar surface area (TPSA) is 193 Å². The number of hydrogen-bond donors (Lipinski definition) is 4. The number of rotatable bonds is 13. The number of likely N-dealkylation sites (tertiary alicyclic amines) is 2. The first-order valence-corrected chi connectivity index (χ1v) is 24.0. The minimum absolute atomic E-state index is 0.0874. The molecule has 66 heavy (non-hydrogen) atoms. The molecule has 0 radical (unpaired) electrons. The Balaban J connectivity index is 0.826. The average Bonchev–Trinajstić information content (AvgIpc) is 4.20. The largest absolute Gasteiger partial charge is 0.446 e. The predicted octanol–water partition coefficient (Wildman–Crippen LogP) is 7.71. The molecule has 352 valence electrons. The molecule has 2 aromatic heterocycles. The van der Waals surface area contributed by atoms with Crippen LogP contribution in [0.5, 0.6) is 0 Å². The van der Waals surface area contributed by atoms with Crippen molar-refractivity contribution in [2.75, 3.05) is 33.0 Å². The molecule has 6 atom stereocenters. The van der Waals surface area contributed by atoms with E-state index in [1.807, 2.05) is 49.9 Å². The Morgan fingerprint density at radius 2 is 1.12 bits per heavy atom. The second-order valence-electron chi connectivity index (χ2n) is 19.3. The number of fused-ring (bicyclic) bond motifs is 2. The van der Waals surface area contributed by atoms with E-state index in [0.29, 0.717) is 64.6 Å². The number of aromatic nitrogens is 4. The fourth-order valence-electron chi connectivity index (χ4n) is 10.5. The molecular formula is C50H64N8O8. The molecule has 2 bridgehead atoms. The number of benzene rings is 2. The molecule has 0 spiro atoms. The molecule has 4 saturated heterocycles. The van der Waals surface area contributed by atoms with Crippen molar-refractivity contribution in [3.63, 3.8) is 0 Å². The lowest BCUT2D eigenvalue weighted by atomic mass is 9.95. The molecule has 1 saturated carbocycles. The zero-order chi connectivity index (χ0) is 45.9. The van der Waals surface area contributed by atoms with E-state index in [1.54, 1.807) is 0 Å². The first kappa shape index (κ1) is 45.4. The summed E-state index contributed by atoms with van der Waals surface area (Å²) in [5.41, 5.74) is 5.83. The first-order chi connectivity index (χ1) is 32.0. The number of piperidine rings is 1. The Morgan fingerprint density at radius 3 is 1.65 bits per heavy atom. The maximum atomic E-state index is 14.3. The Morgan fingerprint density at radius 1 is 0.636 bits per heavy atom. The van der Waals surface area contributed by atoms with Crippen LogP contribution in [0.3, 0.4) is 0 Å². The average molecular weight is 905 g/mol. The number of carbonyl (C=O) groups is 4. The molecule has 2 aromatic carbocycles. The van der Waals surface area contributed by atoms with Gasteiger partial charge in [0.25, 0.3) is 0 Å². The summed E-state index contributed by atoms with van der Waals surface area (Å²) in [7, 11) is 0. The van der Waals surface area contributed by atoms with Gasteiger partial charge in [-0.2, -0.15) is 0 Å². The normalized spacial score (nSPS) is 23.3. The van der Waals surface area contributed by atoms with Crippen molar-refractivity contribution in [2.45, 2.75) is 128 Å². The predicted molar refractivity (Wildman–Crippen MR) is 246 cm³/mol. The number of amides is 4. The van der Waals surface area contributed by atoms with Gasteiger partial charge < -0.3 is 49.3 Å². The molecular weight excluding hydrogens is 841 g/mol. The molecule has 6 heterocycles. The highest BCUT2D eigenvalue weighted by Gasteiger charge is 2.51. The lowest BCUT2D eigenvalue weighted by Crippen LogP contribution is -2.54. The maximum Gasteiger partial charge on any atom is 0.408 e. The van der Waals surface area contributed by atoms with Crippen molar-refractivity contribution in [2.24, 2.45) is 17.8 Å². The van der Waals surface area contributed by atoms with Crippen LogP contribution in [0.25, 0.3) is 33.6 Å². The quantitative estimate of drug-likeness (QED) is 0.103. The highest BCUT2D eigenvalue weighted by molar-refractivity contribution is 5.87. The zero-order valence-corrected chi connectivity index (χ0v) is 38.5. The van der Waals surface area contributed by atoms with Gasteiger partial charge in [-0.3, -0.25) is 9.59 Å². The van der Waals surface area contributed by atoms with E-state index < -0.39 is 24.3 Å². The number of nitrogens with one attached hydrogen (secondary N) is 4. The van der Waals surface area contributed by atoms with Crippen molar-refractivity contribution in [1.82, 2.24) is 40.4 Å². The van der Waals surface area contributed by atoms with Crippen LogP contribution in [-0.2, 0) is 28.5 Å². The first-order valence-electron chi connectivity index (χ1n) is 24.0. The Kier molecular flexibility index (Phi) is 13.8. The second-order valence-corrected chi connectivity index (χ2v) is 19.3. The number of nitrogens with zero attached hydrogens (tertiary/aromatic N) is 4. The number of imidazole rings is 2. The van der Waals surface area contributed by atoms with Crippen LogP contribution in [0.1, 0.15) is 109 Å². The fourth-order valence-corrected chi connectivity index (χ4v) is 10.5. The van der Waals surface area contributed by atoms with Crippen LogP contribution in [0.15, 0.2) is 60.9 Å². The zero-order valence-electron chi connectivity index (χ0n) is 38.5. The summed E-state index contributed by atoms with van der Waals surface area (Å²) in [6.07, 6.45) is 9.27. The van der Waals surface area contributed by atoms with Gasteiger partial charge in [0.15, 0.2) is 0 Å². The summed E-state index contributed by atoms with van der Waals surface area (Å²) in [5.74, 6) is 1.32. The van der Waals surface area contributed by atoms with Crippen LogP contribution in [0.4, 0.5) is 9.59 Å². The third kappa shape index (κ3) is 9.85. The van der Waals surface area contributed by atoms with E-state index in [0.717, 1.165) is 77.4 Å². The third-order valence-electron chi connectivity index (χ3n) is 14.2. The summed E-state index contributed by atoms with van der Waals surface area (Å²) in [4.78, 5) is 74.5. The molecule has 4 amide bonds. The molecule has 4 aliphatic heterocycles. The van der Waals surface area contributed by atoms with Crippen molar-refractivity contribution in [3.8, 4) is 33.6 Å². The highest BCUT2D eigenvalue weighted by Crippen LogP contribution is 2.50. The molecule has 16 heteroatoms. The van der Waals surface area contributed by atoms with Gasteiger partial charge in [0.1, 0.15) is 35.9 Å². The van der Waals surface area contributed by atoms with E-state index in [-0.39, 0.29) is 54.0 Å². The van der Waals surface area contributed by atoms with Gasteiger partial charge in [0, 0.05) is 38.3 Å². The van der Waals surface area contributed by atoms with Crippen molar-refractivity contribution >= 4 is 24.0 Å². The SMILES string of the molecule is CC(C)[C@H](NC(=O)OC1CCOCC1)C(=O)N1CCC[C@H]1c1ncc(-c2ccc(-c3ccc(-c4cnc([C@H]5[C@H]6CC[C@@H](C6)N5C(=O)[C@H](NC(=O)OC5CCOCC5)C(C)C)[nH]4)cc3)cc2)[nH]1. The third-order valence-corrected chi connectivity index (χ3v) is 14.2. The highest BCUT2D eigenvalue weighted by atomic mass is 16.6. The molecule has 4 aromatic rings. The fraction of sp³-hybridized carbons (Fsp3) is 0.560. The number of carbonyl (C=O) groups excluding carboxylic acids is 4. The standard InChI is InChI=1S/C50H64N8O8/c1-29(2)42(55-49(61)65-37-17-22-63-23-18-37)47(59)57-21-5-6-41(57)45-51-27-39(53-45)33-11-7-31(8-12-33)32-9-13-34(14-10-32)40-28-52-46(54-40)44-35-15-16-36(26-35)58(44)48(60)43(30(3)4)56-50(62)66-38-19-24-64-25-20-38/h7-14,27-30,35-38,41-44H,5-6,15-26H2,1-4H3,(H,51,53)(H,52,54)(H,55,61)(H,56,62)/t35-,36-,41-,42-,43+,44+/m0/s1. The molecule has 0 unspecified atom stereocenters. The van der Waals surface area contributed by atoms with Crippen molar-refractivity contribution in [3.05, 3.63) is 72.6 Å². The Hall–Kier alpha value is -5.74. The molecule has 1 aliphatic carbocycles. The van der Waals surface area contributed by atoms with Crippen molar-refractivity contribution in [1.29, 1.82) is 0 Å². The summed E-state index contributed by atoms with van der Waals surface area (Å²) in [5, 5.41) is 5.77. The molecule has 9 rings (SSSR count). The van der Waals surface area contributed by atoms with Gasteiger partial charge in [-0.05, 0) is 72.1 Å². The van der Waals surface area contributed by atoms with E-state index in [1.165, 1.54) is 0 Å². The number of aromatic amines is 2. The van der Waals surface area contributed by atoms with Crippen LogP contribution in [0.2, 0.25) is 0 Å². The van der Waals surface area contributed by atoms with E-state index in [4.69, 9.17) is 28.9 Å². The van der Waals surface area contributed by atoms with Gasteiger partial charge in [-0.15, -0.1) is 0 Å². The number of ether oxygens (including phenoxy) is 4. The van der Waals surface area contributed by atoms with Crippen LogP contribution >= 0.6 is 0 Å². The molecule has 4 N–H and O–H groups in total. The van der Waals surface area contributed by atoms with Gasteiger partial charge in [-0.1, -0.05) is 76.2 Å². The lowest BCUT2D eigenvalue weighted by Gasteiger charge is -2.37. The van der Waals surface area contributed by atoms with Gasteiger partial charge >= 0.3 is 12.2 Å². The Labute approximate surface area is 386 Å². The monoisotopic (exact) mass is 904 g/mol. The minimum atomic E-state index is -0.713. The van der Waals surface area contributed by atoms with E-state index >= 15 is 0 Å². The van der Waals surface area contributed by atoms with E-state index in [2.05, 4.69) is 69.1 Å². The number of hydrogen-bond acceptors (Lipinski definition) is 10. The van der Waals surface area contributed by atoms with Crippen LogP contribution in [-0.4, -0.2) is 117 Å². The second kappa shape index (κ2) is 20.0. The van der Waals surface area contributed by atoms with E-state index in [9.17, 15) is 19.2 Å². The smallest absolute Gasteiger partial charge is 0.408 e. The summed E-state index contributed by atoms with van der Waals surface area (Å²) >= 11 is 0. The van der Waals surface area contributed by atoms with Crippen molar-refractivity contribution < 1.29 is 38.1 Å². The Bertz CT molecular complexity index is 2320. The maximum absolute atomic E-state index is 14.3. The van der Waals surface area contributed by atoms with Gasteiger partial charge in [0.05, 0.1) is 62.3 Å². The van der Waals surface area contributed by atoms with Gasteiger partial charge in [0.2, 0.25) is 11.8 Å². The molecule has 5 aliphatic rings. The van der Waals surface area contributed by atoms with Gasteiger partial charge in [-0.25, -0.2) is 19.6 Å². The molecule has 5 fully saturated rings. The number of alkyl carbamates (subject to hydrolysis) is 2. The summed E-state index contributed by atoms with van der Waals surface area (Å²) in [6, 6.07) is 14.9. The summed E-state index contributed by atoms with van der Waals surface area (Å²) in [6.45, 7) is 10.6.